The number of hydrazone groups is 1. The van der Waals surface area contributed by atoms with Crippen LogP contribution in [0.15, 0.2) is 68.9 Å². The highest BCUT2D eigenvalue weighted by Gasteiger charge is 2.11. The van der Waals surface area contributed by atoms with Gasteiger partial charge in [0.2, 0.25) is 0 Å². The molecule has 7 nitrogen and oxygen atoms in total. The maximum absolute atomic E-state index is 12.1. The molecule has 2 heterocycles. The van der Waals surface area contributed by atoms with Crippen LogP contribution in [-0.4, -0.2) is 17.5 Å². The molecule has 0 atom stereocenters. The fourth-order valence-corrected chi connectivity index (χ4v) is 2.30. The molecule has 3 rings (SSSR count). The Kier molecular flexibility index (Phi) is 4.98. The number of amides is 2. The van der Waals surface area contributed by atoms with Gasteiger partial charge in [-0.15, -0.1) is 0 Å². The molecule has 0 saturated heterocycles. The minimum Gasteiger partial charge on any atom is -0.469 e. The second-order valence-corrected chi connectivity index (χ2v) is 5.54. The zero-order valence-corrected chi connectivity index (χ0v) is 14.3. The first kappa shape index (κ1) is 17.2. The fourth-order valence-electron chi connectivity index (χ4n) is 2.30. The van der Waals surface area contributed by atoms with Crippen LogP contribution in [0, 0.1) is 6.92 Å². The van der Waals surface area contributed by atoms with E-state index in [9.17, 15) is 9.59 Å². The normalized spacial score (nSPS) is 11.2. The van der Waals surface area contributed by atoms with Gasteiger partial charge < -0.3 is 14.2 Å². The van der Waals surface area contributed by atoms with E-state index in [0.29, 0.717) is 22.7 Å². The van der Waals surface area contributed by atoms with Gasteiger partial charge in [-0.2, -0.15) is 5.10 Å². The van der Waals surface area contributed by atoms with Crippen LogP contribution in [0.2, 0.25) is 0 Å². The van der Waals surface area contributed by atoms with E-state index in [2.05, 4.69) is 15.8 Å². The van der Waals surface area contributed by atoms with Gasteiger partial charge in [0.15, 0.2) is 5.76 Å². The number of hydrogen-bond donors (Lipinski definition) is 2. The van der Waals surface area contributed by atoms with E-state index in [-0.39, 0.29) is 17.6 Å². The Balaban J connectivity index is 1.69. The van der Waals surface area contributed by atoms with Crippen molar-refractivity contribution in [3.05, 3.63) is 77.6 Å². The summed E-state index contributed by atoms with van der Waals surface area (Å²) in [5.41, 5.74) is 4.87. The first-order chi connectivity index (χ1) is 12.5. The molecule has 0 unspecified atom stereocenters. The van der Waals surface area contributed by atoms with Crippen LogP contribution in [0.1, 0.15) is 39.2 Å². The Bertz CT molecular complexity index is 955. The quantitative estimate of drug-likeness (QED) is 0.542. The monoisotopic (exact) mass is 351 g/mol. The third-order valence-electron chi connectivity index (χ3n) is 3.71. The number of aryl methyl sites for hydroxylation is 1. The molecule has 3 aromatic rings. The predicted octanol–water partition coefficient (Wildman–Crippen LogP) is 3.59. The van der Waals surface area contributed by atoms with Crippen LogP contribution in [0.4, 0.5) is 5.69 Å². The van der Waals surface area contributed by atoms with Gasteiger partial charge in [0.25, 0.3) is 11.8 Å². The number of nitrogens with zero attached hydrogens (tertiary/aromatic N) is 1. The molecule has 0 radical (unpaired) electrons. The molecule has 2 N–H and O–H groups in total. The molecular formula is C19H17N3O4. The molecule has 132 valence electrons. The van der Waals surface area contributed by atoms with Gasteiger partial charge in [-0.1, -0.05) is 12.1 Å². The molecule has 2 amide bonds. The van der Waals surface area contributed by atoms with Crippen LogP contribution in [-0.2, 0) is 0 Å². The lowest BCUT2D eigenvalue weighted by Gasteiger charge is -2.07. The van der Waals surface area contributed by atoms with Crippen molar-refractivity contribution in [1.82, 2.24) is 5.43 Å². The number of carbonyl (C=O) groups is 2. The zero-order valence-electron chi connectivity index (χ0n) is 14.3. The highest BCUT2D eigenvalue weighted by atomic mass is 16.3. The average Bonchev–Trinajstić information content (AvgIpc) is 3.31. The highest BCUT2D eigenvalue weighted by molar-refractivity contribution is 6.04. The van der Waals surface area contributed by atoms with E-state index in [1.807, 2.05) is 6.07 Å². The molecule has 0 aliphatic heterocycles. The van der Waals surface area contributed by atoms with E-state index in [4.69, 9.17) is 8.83 Å². The summed E-state index contributed by atoms with van der Waals surface area (Å²) >= 11 is 0. The second-order valence-electron chi connectivity index (χ2n) is 5.54. The Morgan fingerprint density at radius 3 is 2.54 bits per heavy atom. The van der Waals surface area contributed by atoms with Crippen molar-refractivity contribution in [1.29, 1.82) is 0 Å². The summed E-state index contributed by atoms with van der Waals surface area (Å²) in [7, 11) is 0. The van der Waals surface area contributed by atoms with Crippen molar-refractivity contribution >= 4 is 23.2 Å². The summed E-state index contributed by atoms with van der Waals surface area (Å²) in [6.45, 7) is 3.46. The van der Waals surface area contributed by atoms with E-state index in [0.717, 1.165) is 5.56 Å². The van der Waals surface area contributed by atoms with Crippen molar-refractivity contribution in [2.75, 3.05) is 5.32 Å². The van der Waals surface area contributed by atoms with Gasteiger partial charge in [0.05, 0.1) is 23.8 Å². The Morgan fingerprint density at radius 1 is 1.00 bits per heavy atom. The smallest absolute Gasteiger partial charge is 0.291 e. The molecule has 0 aliphatic rings. The van der Waals surface area contributed by atoms with Crippen LogP contribution in [0.5, 0.6) is 0 Å². The average molecular weight is 351 g/mol. The van der Waals surface area contributed by atoms with Crippen LogP contribution < -0.4 is 10.7 Å². The molecule has 0 saturated carbocycles. The first-order valence-electron chi connectivity index (χ1n) is 7.88. The molecule has 2 aromatic heterocycles. The molecule has 0 fully saturated rings. The van der Waals surface area contributed by atoms with E-state index in [1.54, 1.807) is 50.2 Å². The summed E-state index contributed by atoms with van der Waals surface area (Å²) < 4.78 is 10.2. The molecule has 0 spiro atoms. The van der Waals surface area contributed by atoms with Crippen molar-refractivity contribution in [2.24, 2.45) is 5.10 Å². The van der Waals surface area contributed by atoms with Gasteiger partial charge >= 0.3 is 0 Å². The summed E-state index contributed by atoms with van der Waals surface area (Å²) in [6.07, 6.45) is 2.89. The molecule has 1 aromatic carbocycles. The molecule has 0 bridgehead atoms. The molecule has 0 aliphatic carbocycles. The topological polar surface area (TPSA) is 96.8 Å². The van der Waals surface area contributed by atoms with Crippen LogP contribution in [0.3, 0.4) is 0 Å². The maximum atomic E-state index is 12.1. The molecule has 26 heavy (non-hydrogen) atoms. The number of benzene rings is 1. The summed E-state index contributed by atoms with van der Waals surface area (Å²) in [4.78, 5) is 24.1. The third kappa shape index (κ3) is 3.89. The Hall–Kier alpha value is -3.61. The standard InChI is InChI=1S/C19H17N3O4/c1-12(21-22-18(23)16-8-10-25-13(16)2)14-5-3-6-15(11-14)20-19(24)17-7-4-9-26-17/h3-11H,1-2H3,(H,20,24)(H,22,23). The van der Waals surface area contributed by atoms with Crippen LogP contribution in [0.25, 0.3) is 0 Å². The number of hydrogen-bond acceptors (Lipinski definition) is 5. The number of nitrogens with one attached hydrogen (secondary N) is 2. The van der Waals surface area contributed by atoms with Crippen molar-refractivity contribution in [3.63, 3.8) is 0 Å². The van der Waals surface area contributed by atoms with Gasteiger partial charge in [-0.05, 0) is 49.7 Å². The third-order valence-corrected chi connectivity index (χ3v) is 3.71. The summed E-state index contributed by atoms with van der Waals surface area (Å²) in [5, 5.41) is 6.85. The van der Waals surface area contributed by atoms with Crippen molar-refractivity contribution < 1.29 is 18.4 Å². The van der Waals surface area contributed by atoms with E-state index >= 15 is 0 Å². The largest absolute Gasteiger partial charge is 0.469 e. The molecular weight excluding hydrogens is 334 g/mol. The summed E-state index contributed by atoms with van der Waals surface area (Å²) in [6, 6.07) is 11.9. The van der Waals surface area contributed by atoms with Crippen molar-refractivity contribution in [2.45, 2.75) is 13.8 Å². The van der Waals surface area contributed by atoms with E-state index < -0.39 is 0 Å². The SMILES string of the molecule is CC(=NNC(=O)c1ccoc1C)c1cccc(NC(=O)c2ccco2)c1. The second kappa shape index (κ2) is 7.52. The maximum Gasteiger partial charge on any atom is 0.291 e. The van der Waals surface area contributed by atoms with Crippen LogP contribution >= 0.6 is 0 Å². The number of furan rings is 2. The lowest BCUT2D eigenvalue weighted by Crippen LogP contribution is -2.19. The van der Waals surface area contributed by atoms with Gasteiger partial charge in [0.1, 0.15) is 5.76 Å². The van der Waals surface area contributed by atoms with Gasteiger partial charge in [0, 0.05) is 5.69 Å². The zero-order chi connectivity index (χ0) is 18.5. The first-order valence-corrected chi connectivity index (χ1v) is 7.88. The fraction of sp³-hybridized carbons (Fsp3) is 0.105. The number of anilines is 1. The number of carbonyl (C=O) groups excluding carboxylic acids is 2. The Labute approximate surface area is 149 Å². The lowest BCUT2D eigenvalue weighted by molar-refractivity contribution is 0.0952. The minimum atomic E-state index is -0.349. The lowest BCUT2D eigenvalue weighted by atomic mass is 10.1. The van der Waals surface area contributed by atoms with E-state index in [1.165, 1.54) is 12.5 Å². The Morgan fingerprint density at radius 2 is 1.85 bits per heavy atom. The summed E-state index contributed by atoms with van der Waals surface area (Å²) in [5.74, 6) is 0.0601. The number of rotatable bonds is 5. The molecule has 7 heteroatoms. The van der Waals surface area contributed by atoms with Crippen molar-refractivity contribution in [3.8, 4) is 0 Å². The highest BCUT2D eigenvalue weighted by Crippen LogP contribution is 2.14. The minimum absolute atomic E-state index is 0.225. The van der Waals surface area contributed by atoms with Gasteiger partial charge in [-0.3, -0.25) is 9.59 Å². The van der Waals surface area contributed by atoms with Gasteiger partial charge in [-0.25, -0.2) is 5.43 Å². The predicted molar refractivity (Wildman–Crippen MR) is 96.2 cm³/mol.